The summed E-state index contributed by atoms with van der Waals surface area (Å²) < 4.78 is 1.74. The van der Waals surface area contributed by atoms with Crippen LogP contribution in [0, 0.1) is 0 Å². The van der Waals surface area contributed by atoms with Crippen molar-refractivity contribution in [2.75, 3.05) is 11.9 Å². The Bertz CT molecular complexity index is 1310. The van der Waals surface area contributed by atoms with Gasteiger partial charge in [0, 0.05) is 36.3 Å². The molecule has 2 aromatic carbocycles. The van der Waals surface area contributed by atoms with E-state index in [1.54, 1.807) is 15.6 Å². The van der Waals surface area contributed by atoms with Gasteiger partial charge in [0.1, 0.15) is 11.7 Å². The van der Waals surface area contributed by atoms with Crippen LogP contribution in [0.4, 0.5) is 5.69 Å². The predicted molar refractivity (Wildman–Crippen MR) is 120 cm³/mol. The van der Waals surface area contributed by atoms with Crippen LogP contribution in [0.1, 0.15) is 40.7 Å². The summed E-state index contributed by atoms with van der Waals surface area (Å²) in [7, 11) is 0. The smallest absolute Gasteiger partial charge is 0.255 e. The zero-order valence-electron chi connectivity index (χ0n) is 17.9. The number of aryl methyl sites for hydroxylation is 1. The Kier molecular flexibility index (Phi) is 4.49. The van der Waals surface area contributed by atoms with Crippen LogP contribution in [0.2, 0.25) is 0 Å². The van der Waals surface area contributed by atoms with Crippen LogP contribution in [0.5, 0.6) is 0 Å². The largest absolute Gasteiger partial charge is 0.385 e. The molecule has 1 aromatic heterocycles. The summed E-state index contributed by atoms with van der Waals surface area (Å²) in [4.78, 5) is 38.5. The van der Waals surface area contributed by atoms with Gasteiger partial charge in [-0.15, -0.1) is 5.10 Å². The van der Waals surface area contributed by atoms with E-state index in [1.807, 2.05) is 24.4 Å². The number of nitrogens with zero attached hydrogens (tertiary/aromatic N) is 4. The van der Waals surface area contributed by atoms with Gasteiger partial charge in [-0.2, -0.15) is 0 Å². The zero-order valence-corrected chi connectivity index (χ0v) is 17.9. The number of amides is 3. The van der Waals surface area contributed by atoms with Crippen LogP contribution in [0.3, 0.4) is 0 Å². The molecule has 33 heavy (non-hydrogen) atoms. The van der Waals surface area contributed by atoms with Gasteiger partial charge in [0.15, 0.2) is 0 Å². The number of carbonyl (C=O) groups is 3. The van der Waals surface area contributed by atoms with Gasteiger partial charge in [0.2, 0.25) is 11.8 Å². The maximum Gasteiger partial charge on any atom is 0.255 e. The first-order chi connectivity index (χ1) is 16.1. The van der Waals surface area contributed by atoms with Gasteiger partial charge >= 0.3 is 0 Å². The van der Waals surface area contributed by atoms with Gasteiger partial charge in [0.25, 0.3) is 5.91 Å². The second-order valence-corrected chi connectivity index (χ2v) is 8.65. The first kappa shape index (κ1) is 19.7. The van der Waals surface area contributed by atoms with Crippen molar-refractivity contribution < 1.29 is 14.4 Å². The third-order valence-corrected chi connectivity index (χ3v) is 6.65. The molecular formula is C24H22N6O3. The Labute approximate surface area is 189 Å². The van der Waals surface area contributed by atoms with Crippen LogP contribution in [-0.4, -0.2) is 50.2 Å². The lowest BCUT2D eigenvalue weighted by Gasteiger charge is -2.29. The SMILES string of the molecule is O=C1CCC(N2Cc3c(cccc3-c3cn(-c4ccc5c(c4)NCCC5)nn3)C2=O)C(=O)N1. The number of hydrogen-bond donors (Lipinski definition) is 2. The molecule has 6 rings (SSSR count). The van der Waals surface area contributed by atoms with E-state index < -0.39 is 11.9 Å². The van der Waals surface area contributed by atoms with Crippen LogP contribution >= 0.6 is 0 Å². The van der Waals surface area contributed by atoms with Gasteiger partial charge in [-0.05, 0) is 48.6 Å². The number of imide groups is 1. The van der Waals surface area contributed by atoms with Gasteiger partial charge in [-0.25, -0.2) is 4.68 Å². The van der Waals surface area contributed by atoms with Crippen molar-refractivity contribution in [2.24, 2.45) is 0 Å². The summed E-state index contributed by atoms with van der Waals surface area (Å²) in [5.41, 5.74) is 6.21. The maximum atomic E-state index is 13.1. The zero-order chi connectivity index (χ0) is 22.5. The third kappa shape index (κ3) is 3.27. The molecule has 1 saturated heterocycles. The number of piperidine rings is 1. The number of aromatic nitrogens is 3. The van der Waals surface area contributed by atoms with E-state index in [9.17, 15) is 14.4 Å². The van der Waals surface area contributed by atoms with Gasteiger partial charge in [-0.1, -0.05) is 23.4 Å². The average molecular weight is 442 g/mol. The van der Waals surface area contributed by atoms with Crippen LogP contribution in [-0.2, 0) is 22.6 Å². The molecule has 1 unspecified atom stereocenters. The number of carbonyl (C=O) groups excluding carboxylic acids is 3. The molecule has 2 N–H and O–H groups in total. The summed E-state index contributed by atoms with van der Waals surface area (Å²) in [6.07, 6.45) is 4.63. The first-order valence-electron chi connectivity index (χ1n) is 11.1. The summed E-state index contributed by atoms with van der Waals surface area (Å²) >= 11 is 0. The fourth-order valence-corrected chi connectivity index (χ4v) is 4.93. The van der Waals surface area contributed by atoms with Crippen molar-refractivity contribution in [3.63, 3.8) is 0 Å². The number of anilines is 1. The Hall–Kier alpha value is -4.01. The highest BCUT2D eigenvalue weighted by molar-refractivity contribution is 6.06. The predicted octanol–water partition coefficient (Wildman–Crippen LogP) is 2.05. The lowest BCUT2D eigenvalue weighted by atomic mass is 10.0. The van der Waals surface area contributed by atoms with Crippen LogP contribution < -0.4 is 10.6 Å². The fourth-order valence-electron chi connectivity index (χ4n) is 4.93. The number of hydrogen-bond acceptors (Lipinski definition) is 6. The van der Waals surface area contributed by atoms with E-state index in [-0.39, 0.29) is 18.2 Å². The van der Waals surface area contributed by atoms with Crippen LogP contribution in [0.15, 0.2) is 42.6 Å². The molecule has 3 aliphatic heterocycles. The molecule has 0 saturated carbocycles. The molecule has 3 amide bonds. The van der Waals surface area contributed by atoms with Crippen molar-refractivity contribution >= 4 is 23.4 Å². The summed E-state index contributed by atoms with van der Waals surface area (Å²) in [6, 6.07) is 11.1. The molecule has 4 heterocycles. The van der Waals surface area contributed by atoms with Crippen molar-refractivity contribution in [1.29, 1.82) is 0 Å². The summed E-state index contributed by atoms with van der Waals surface area (Å²) in [6.45, 7) is 1.26. The molecule has 1 atom stereocenters. The molecule has 166 valence electrons. The molecule has 0 radical (unpaired) electrons. The molecule has 9 heteroatoms. The van der Waals surface area contributed by atoms with E-state index in [4.69, 9.17) is 0 Å². The third-order valence-electron chi connectivity index (χ3n) is 6.65. The molecule has 0 spiro atoms. The number of rotatable bonds is 3. The van der Waals surface area contributed by atoms with Crippen molar-refractivity contribution in [2.45, 2.75) is 38.3 Å². The number of fused-ring (bicyclic) bond motifs is 2. The van der Waals surface area contributed by atoms with E-state index in [0.717, 1.165) is 41.9 Å². The quantitative estimate of drug-likeness (QED) is 0.601. The molecule has 9 nitrogen and oxygen atoms in total. The summed E-state index contributed by atoms with van der Waals surface area (Å²) in [5.74, 6) is -0.912. The van der Waals surface area contributed by atoms with E-state index in [1.165, 1.54) is 5.56 Å². The van der Waals surface area contributed by atoms with Crippen molar-refractivity contribution in [3.05, 3.63) is 59.3 Å². The van der Waals surface area contributed by atoms with E-state index in [0.29, 0.717) is 24.2 Å². The molecule has 0 aliphatic carbocycles. The van der Waals surface area contributed by atoms with Gasteiger partial charge in [0.05, 0.1) is 11.9 Å². The van der Waals surface area contributed by atoms with Gasteiger partial charge in [-0.3, -0.25) is 19.7 Å². The number of nitrogens with one attached hydrogen (secondary N) is 2. The standard InChI is InChI=1S/C24H22N6O3/c31-22-9-8-21(23(32)26-22)29-12-18-16(4-1-5-17(18)24(29)33)20-13-30(28-27-20)15-7-6-14-3-2-10-25-19(14)11-15/h1,4-7,11,13,21,25H,2-3,8-10,12H2,(H,26,31,32). The molecular weight excluding hydrogens is 420 g/mol. The highest BCUT2D eigenvalue weighted by atomic mass is 16.2. The minimum Gasteiger partial charge on any atom is -0.385 e. The van der Waals surface area contributed by atoms with E-state index in [2.05, 4.69) is 33.1 Å². The molecule has 1 fully saturated rings. The second-order valence-electron chi connectivity index (χ2n) is 8.65. The van der Waals surface area contributed by atoms with Crippen LogP contribution in [0.25, 0.3) is 16.9 Å². The van der Waals surface area contributed by atoms with Gasteiger partial charge < -0.3 is 10.2 Å². The minimum atomic E-state index is -0.644. The fraction of sp³-hybridized carbons (Fsp3) is 0.292. The lowest BCUT2D eigenvalue weighted by Crippen LogP contribution is -2.52. The monoisotopic (exact) mass is 442 g/mol. The normalized spacial score (nSPS) is 19.7. The Morgan fingerprint density at radius 3 is 2.79 bits per heavy atom. The number of benzene rings is 2. The molecule has 0 bridgehead atoms. The minimum absolute atomic E-state index is 0.200. The maximum absolute atomic E-state index is 13.1. The Morgan fingerprint density at radius 2 is 1.91 bits per heavy atom. The molecule has 3 aromatic rings. The molecule has 3 aliphatic rings. The highest BCUT2D eigenvalue weighted by Crippen LogP contribution is 2.34. The summed E-state index contributed by atoms with van der Waals surface area (Å²) in [5, 5.41) is 14.5. The topological polar surface area (TPSA) is 109 Å². The Balaban J connectivity index is 1.31. The second kappa shape index (κ2) is 7.54. The van der Waals surface area contributed by atoms with Crippen molar-refractivity contribution in [3.8, 4) is 16.9 Å². The highest BCUT2D eigenvalue weighted by Gasteiger charge is 2.40. The van der Waals surface area contributed by atoms with Crippen molar-refractivity contribution in [1.82, 2.24) is 25.2 Å². The lowest BCUT2D eigenvalue weighted by molar-refractivity contribution is -0.136. The Morgan fingerprint density at radius 1 is 1.03 bits per heavy atom. The average Bonchev–Trinajstić information content (AvgIpc) is 3.44. The first-order valence-corrected chi connectivity index (χ1v) is 11.1. The van der Waals surface area contributed by atoms with E-state index >= 15 is 0 Å².